The molecule has 0 bridgehead atoms. The number of nitrogens with one attached hydrogen (secondary N) is 1. The van der Waals surface area contributed by atoms with E-state index in [0.717, 1.165) is 22.4 Å². The summed E-state index contributed by atoms with van der Waals surface area (Å²) < 4.78 is 1.81. The van der Waals surface area contributed by atoms with Gasteiger partial charge in [0.2, 0.25) is 0 Å². The van der Waals surface area contributed by atoms with Crippen LogP contribution in [0.15, 0.2) is 59.8 Å². The molecule has 26 heavy (non-hydrogen) atoms. The Kier molecular flexibility index (Phi) is 5.88. The highest BCUT2D eigenvalue weighted by molar-refractivity contribution is 7.80. The normalized spacial score (nSPS) is 11.0. The van der Waals surface area contributed by atoms with Gasteiger partial charge in [0.1, 0.15) is 5.69 Å². The van der Waals surface area contributed by atoms with E-state index in [1.54, 1.807) is 23.0 Å². The molecule has 1 aromatic heterocycles. The van der Waals surface area contributed by atoms with Crippen LogP contribution in [0.3, 0.4) is 0 Å². The summed E-state index contributed by atoms with van der Waals surface area (Å²) in [6.45, 7) is 0.506. The van der Waals surface area contributed by atoms with E-state index in [0.29, 0.717) is 16.6 Å². The molecule has 3 N–H and O–H groups in total. The minimum atomic E-state index is 0.0999. The Bertz CT molecular complexity index is 953. The molecule has 0 amide bonds. The lowest BCUT2D eigenvalue weighted by atomic mass is 10.1. The maximum Gasteiger partial charge on any atom is 0.184 e. The van der Waals surface area contributed by atoms with Crippen molar-refractivity contribution in [1.29, 1.82) is 0 Å². The second-order valence-electron chi connectivity index (χ2n) is 5.47. The van der Waals surface area contributed by atoms with Gasteiger partial charge in [0.25, 0.3) is 0 Å². The predicted octanol–water partition coefficient (Wildman–Crippen LogP) is 4.07. The van der Waals surface area contributed by atoms with Crippen molar-refractivity contribution in [3.05, 3.63) is 75.9 Å². The number of aromatic nitrogens is 2. The average molecular weight is 404 g/mol. The Morgan fingerprint density at radius 2 is 2.00 bits per heavy atom. The Morgan fingerprint density at radius 3 is 2.69 bits per heavy atom. The first-order valence-corrected chi connectivity index (χ1v) is 8.84. The second kappa shape index (κ2) is 8.31. The Labute approximate surface area is 166 Å². The fourth-order valence-electron chi connectivity index (χ4n) is 2.42. The molecule has 8 heteroatoms. The van der Waals surface area contributed by atoms with Crippen molar-refractivity contribution in [3.63, 3.8) is 0 Å². The number of rotatable bonds is 5. The van der Waals surface area contributed by atoms with Gasteiger partial charge in [0, 0.05) is 27.4 Å². The van der Waals surface area contributed by atoms with Crippen LogP contribution in [0.4, 0.5) is 0 Å². The minimum absolute atomic E-state index is 0.0999. The molecule has 0 aliphatic carbocycles. The average Bonchev–Trinajstić information content (AvgIpc) is 3.01. The fourth-order valence-corrected chi connectivity index (χ4v) is 2.94. The van der Waals surface area contributed by atoms with Crippen LogP contribution in [0, 0.1) is 0 Å². The number of nitrogens with zero attached hydrogens (tertiary/aromatic N) is 3. The quantitative estimate of drug-likeness (QED) is 0.382. The molecule has 0 aliphatic rings. The molecule has 5 nitrogen and oxygen atoms in total. The summed E-state index contributed by atoms with van der Waals surface area (Å²) in [4.78, 5) is 0. The van der Waals surface area contributed by atoms with Crippen molar-refractivity contribution in [1.82, 2.24) is 15.2 Å². The number of thiocarbonyl (C=S) groups is 1. The molecule has 3 rings (SSSR count). The second-order valence-corrected chi connectivity index (χ2v) is 6.75. The van der Waals surface area contributed by atoms with Crippen LogP contribution in [0.2, 0.25) is 10.0 Å². The van der Waals surface area contributed by atoms with Crippen LogP contribution < -0.4 is 11.2 Å². The van der Waals surface area contributed by atoms with Crippen molar-refractivity contribution in [2.45, 2.75) is 6.54 Å². The highest BCUT2D eigenvalue weighted by Crippen LogP contribution is 2.24. The Morgan fingerprint density at radius 1 is 1.23 bits per heavy atom. The molecule has 0 fully saturated rings. The molecule has 1 heterocycles. The van der Waals surface area contributed by atoms with Crippen LogP contribution in [-0.4, -0.2) is 21.1 Å². The van der Waals surface area contributed by atoms with Crippen LogP contribution in [-0.2, 0) is 6.54 Å². The van der Waals surface area contributed by atoms with Crippen molar-refractivity contribution in [2.75, 3.05) is 0 Å². The van der Waals surface area contributed by atoms with E-state index in [4.69, 9.17) is 41.2 Å². The minimum Gasteiger partial charge on any atom is -0.375 e. The standard InChI is InChI=1S/C18H15Cl2N5S/c19-15-7-6-13(16(20)8-15)10-25-11-14(9-22-23-18(21)26)17(24-25)12-4-2-1-3-5-12/h1-9,11H,10H2,(H3,21,23,26)/b22-9+. The summed E-state index contributed by atoms with van der Waals surface area (Å²) in [6, 6.07) is 15.2. The fraction of sp³-hybridized carbons (Fsp3) is 0.0556. The first-order valence-electron chi connectivity index (χ1n) is 7.68. The third kappa shape index (κ3) is 4.60. The van der Waals surface area contributed by atoms with E-state index >= 15 is 0 Å². The maximum absolute atomic E-state index is 6.27. The van der Waals surface area contributed by atoms with Gasteiger partial charge in [-0.25, -0.2) is 0 Å². The van der Waals surface area contributed by atoms with E-state index in [9.17, 15) is 0 Å². The Hall–Kier alpha value is -2.41. The lowest BCUT2D eigenvalue weighted by molar-refractivity contribution is 0.689. The SMILES string of the molecule is NC(=S)N/N=C/c1cn(Cc2ccc(Cl)cc2Cl)nc1-c1ccccc1. The van der Waals surface area contributed by atoms with Crippen molar-refractivity contribution < 1.29 is 0 Å². The van der Waals surface area contributed by atoms with Gasteiger partial charge in [-0.2, -0.15) is 10.2 Å². The highest BCUT2D eigenvalue weighted by atomic mass is 35.5. The van der Waals surface area contributed by atoms with Crippen molar-refractivity contribution in [3.8, 4) is 11.3 Å². The lowest BCUT2D eigenvalue weighted by Crippen LogP contribution is -2.24. The van der Waals surface area contributed by atoms with E-state index < -0.39 is 0 Å². The molecule has 2 aromatic carbocycles. The Balaban J connectivity index is 1.95. The summed E-state index contributed by atoms with van der Waals surface area (Å²) in [5.74, 6) is 0. The summed E-state index contributed by atoms with van der Waals surface area (Å²) in [5, 5.41) is 10.0. The van der Waals surface area contributed by atoms with Gasteiger partial charge in [-0.1, -0.05) is 59.6 Å². The maximum atomic E-state index is 6.27. The molecule has 0 saturated carbocycles. The van der Waals surface area contributed by atoms with Crippen LogP contribution in [0.5, 0.6) is 0 Å². The van der Waals surface area contributed by atoms with E-state index in [-0.39, 0.29) is 5.11 Å². The largest absolute Gasteiger partial charge is 0.375 e. The van der Waals surface area contributed by atoms with Gasteiger partial charge in [-0.05, 0) is 29.9 Å². The molecule has 0 spiro atoms. The lowest BCUT2D eigenvalue weighted by Gasteiger charge is -2.05. The molecular weight excluding hydrogens is 389 g/mol. The summed E-state index contributed by atoms with van der Waals surface area (Å²) in [7, 11) is 0. The summed E-state index contributed by atoms with van der Waals surface area (Å²) in [6.07, 6.45) is 3.52. The summed E-state index contributed by atoms with van der Waals surface area (Å²) in [5.41, 5.74) is 11.5. The monoisotopic (exact) mass is 403 g/mol. The highest BCUT2D eigenvalue weighted by Gasteiger charge is 2.11. The number of hydrogen-bond donors (Lipinski definition) is 2. The van der Waals surface area contributed by atoms with Gasteiger partial charge in [0.05, 0.1) is 12.8 Å². The number of hydrogen-bond acceptors (Lipinski definition) is 3. The predicted molar refractivity (Wildman–Crippen MR) is 111 cm³/mol. The van der Waals surface area contributed by atoms with E-state index in [1.807, 2.05) is 42.6 Å². The van der Waals surface area contributed by atoms with Gasteiger partial charge in [-0.3, -0.25) is 10.1 Å². The summed E-state index contributed by atoms with van der Waals surface area (Å²) >= 11 is 17.0. The van der Waals surface area contributed by atoms with Crippen LogP contribution >= 0.6 is 35.4 Å². The molecule has 0 aliphatic heterocycles. The molecule has 0 unspecified atom stereocenters. The molecule has 0 saturated heterocycles. The molecule has 0 atom stereocenters. The van der Waals surface area contributed by atoms with Crippen molar-refractivity contribution in [2.24, 2.45) is 10.8 Å². The van der Waals surface area contributed by atoms with Crippen LogP contribution in [0.25, 0.3) is 11.3 Å². The van der Waals surface area contributed by atoms with Crippen LogP contribution in [0.1, 0.15) is 11.1 Å². The first kappa shape index (κ1) is 18.4. The zero-order valence-electron chi connectivity index (χ0n) is 13.6. The molecule has 132 valence electrons. The first-order chi connectivity index (χ1) is 12.5. The van der Waals surface area contributed by atoms with Crippen molar-refractivity contribution >= 4 is 46.7 Å². The van der Waals surface area contributed by atoms with E-state index in [1.165, 1.54) is 0 Å². The van der Waals surface area contributed by atoms with Gasteiger partial charge in [0.15, 0.2) is 5.11 Å². The number of nitrogens with two attached hydrogens (primary N) is 1. The molecular formula is C18H15Cl2N5S. The van der Waals surface area contributed by atoms with E-state index in [2.05, 4.69) is 15.6 Å². The topological polar surface area (TPSA) is 68.2 Å². The zero-order chi connectivity index (χ0) is 18.5. The third-order valence-corrected chi connectivity index (χ3v) is 4.24. The van der Waals surface area contributed by atoms with Gasteiger partial charge < -0.3 is 5.73 Å². The molecule has 0 radical (unpaired) electrons. The number of benzene rings is 2. The number of halogens is 2. The van der Waals surface area contributed by atoms with Gasteiger partial charge >= 0.3 is 0 Å². The smallest absolute Gasteiger partial charge is 0.184 e. The molecule has 3 aromatic rings. The zero-order valence-corrected chi connectivity index (χ0v) is 15.9. The van der Waals surface area contributed by atoms with Gasteiger partial charge in [-0.15, -0.1) is 0 Å². The number of hydrazone groups is 1. The third-order valence-electron chi connectivity index (χ3n) is 3.56.